The van der Waals surface area contributed by atoms with Crippen molar-refractivity contribution < 1.29 is 46.1 Å². The van der Waals surface area contributed by atoms with E-state index in [4.69, 9.17) is 11.6 Å². The SMILES string of the molecule is Cn1cnc(C2CC3CC(O)(C(F)(F)C(=O)N4CC(O)(C(F)(F)F)C4)CC3C2)c1C(=O)Nc1ccc(F)c(Cl)c1. The molecule has 2 amide bonds. The summed E-state index contributed by atoms with van der Waals surface area (Å²) in [5.74, 6) is -8.73. The normalized spacial score (nSPS) is 27.9. The van der Waals surface area contributed by atoms with Gasteiger partial charge in [0.1, 0.15) is 17.1 Å². The van der Waals surface area contributed by atoms with Gasteiger partial charge in [-0.05, 0) is 55.7 Å². The Balaban J connectivity index is 1.26. The van der Waals surface area contributed by atoms with Gasteiger partial charge in [0.25, 0.3) is 11.8 Å². The van der Waals surface area contributed by atoms with E-state index in [1.807, 2.05) is 0 Å². The predicted octanol–water partition coefficient (Wildman–Crippen LogP) is 3.87. The minimum Gasteiger partial charge on any atom is -0.383 e. The van der Waals surface area contributed by atoms with Crippen LogP contribution in [-0.4, -0.2) is 72.9 Å². The van der Waals surface area contributed by atoms with Crippen molar-refractivity contribution in [2.24, 2.45) is 18.9 Å². The first-order valence-corrected chi connectivity index (χ1v) is 12.8. The quantitative estimate of drug-likeness (QED) is 0.456. The Bertz CT molecular complexity index is 1350. The first-order valence-electron chi connectivity index (χ1n) is 12.4. The summed E-state index contributed by atoms with van der Waals surface area (Å²) in [5, 5.41) is 22.8. The second-order valence-corrected chi connectivity index (χ2v) is 11.5. The van der Waals surface area contributed by atoms with Gasteiger partial charge in [-0.2, -0.15) is 22.0 Å². The number of hydrogen-bond donors (Lipinski definition) is 3. The van der Waals surface area contributed by atoms with Crippen molar-refractivity contribution in [1.82, 2.24) is 14.5 Å². The number of nitrogens with zero attached hydrogens (tertiary/aromatic N) is 3. The summed E-state index contributed by atoms with van der Waals surface area (Å²) in [5.41, 5.74) is -5.14. The van der Waals surface area contributed by atoms with Crippen LogP contribution < -0.4 is 5.32 Å². The van der Waals surface area contributed by atoms with Gasteiger partial charge in [-0.25, -0.2) is 9.37 Å². The molecule has 1 aliphatic heterocycles. The number of aryl methyl sites for hydroxylation is 1. The van der Waals surface area contributed by atoms with Gasteiger partial charge in [-0.3, -0.25) is 9.59 Å². The topological polar surface area (TPSA) is 108 Å². The Morgan fingerprint density at radius 1 is 1.07 bits per heavy atom. The molecule has 1 saturated heterocycles. The van der Waals surface area contributed by atoms with Crippen molar-refractivity contribution in [2.45, 2.75) is 54.9 Å². The third-order valence-electron chi connectivity index (χ3n) is 8.36. The highest BCUT2D eigenvalue weighted by atomic mass is 35.5. The molecular weight excluding hydrogens is 570 g/mol. The van der Waals surface area contributed by atoms with E-state index in [1.165, 1.54) is 23.0 Å². The Labute approximate surface area is 228 Å². The fourth-order valence-electron chi connectivity index (χ4n) is 6.24. The van der Waals surface area contributed by atoms with E-state index in [9.17, 15) is 37.4 Å². The largest absolute Gasteiger partial charge is 0.420 e. The van der Waals surface area contributed by atoms with E-state index in [-0.39, 0.29) is 40.1 Å². The number of alkyl halides is 5. The smallest absolute Gasteiger partial charge is 0.383 e. The molecule has 0 spiro atoms. The second kappa shape index (κ2) is 9.35. The van der Waals surface area contributed by atoms with Gasteiger partial charge >= 0.3 is 12.1 Å². The molecule has 0 bridgehead atoms. The highest BCUT2D eigenvalue weighted by Crippen LogP contribution is 2.58. The van der Waals surface area contributed by atoms with Crippen LogP contribution in [0.25, 0.3) is 0 Å². The molecule has 3 fully saturated rings. The maximum atomic E-state index is 15.2. The van der Waals surface area contributed by atoms with Crippen LogP contribution in [0.2, 0.25) is 5.02 Å². The molecule has 2 saturated carbocycles. The zero-order valence-electron chi connectivity index (χ0n) is 21.0. The van der Waals surface area contributed by atoms with E-state index in [1.54, 1.807) is 7.05 Å². The number of carbonyl (C=O) groups is 2. The molecule has 2 unspecified atom stereocenters. The number of aliphatic hydroxyl groups is 2. The predicted molar refractivity (Wildman–Crippen MR) is 128 cm³/mol. The number of rotatable bonds is 5. The molecule has 40 heavy (non-hydrogen) atoms. The molecule has 218 valence electrons. The molecule has 3 N–H and O–H groups in total. The number of nitrogens with one attached hydrogen (secondary N) is 1. The molecule has 3 aliphatic rings. The van der Waals surface area contributed by atoms with Crippen LogP contribution in [0.5, 0.6) is 0 Å². The van der Waals surface area contributed by atoms with Crippen molar-refractivity contribution in [1.29, 1.82) is 0 Å². The number of benzene rings is 1. The van der Waals surface area contributed by atoms with E-state index in [0.717, 1.165) is 6.07 Å². The minimum atomic E-state index is -5.08. The lowest BCUT2D eigenvalue weighted by Crippen LogP contribution is -2.73. The highest BCUT2D eigenvalue weighted by molar-refractivity contribution is 6.31. The van der Waals surface area contributed by atoms with Crippen LogP contribution in [0, 0.1) is 17.7 Å². The Morgan fingerprint density at radius 3 is 2.23 bits per heavy atom. The van der Waals surface area contributed by atoms with Crippen LogP contribution in [0.1, 0.15) is 47.8 Å². The molecule has 8 nitrogen and oxygen atoms in total. The molecule has 15 heteroatoms. The Hall–Kier alpha value is -2.84. The van der Waals surface area contributed by atoms with Crippen molar-refractivity contribution >= 4 is 29.1 Å². The molecule has 1 aromatic heterocycles. The summed E-state index contributed by atoms with van der Waals surface area (Å²) in [6.45, 7) is -2.66. The van der Waals surface area contributed by atoms with Gasteiger partial charge in [0.05, 0.1) is 30.1 Å². The van der Waals surface area contributed by atoms with E-state index >= 15 is 8.78 Å². The van der Waals surface area contributed by atoms with Gasteiger partial charge in [0, 0.05) is 18.7 Å². The van der Waals surface area contributed by atoms with Gasteiger partial charge in [-0.15, -0.1) is 0 Å². The average Bonchev–Trinajstić information content (AvgIpc) is 3.49. The molecule has 5 rings (SSSR count). The molecule has 2 aromatic rings. The number of hydrogen-bond acceptors (Lipinski definition) is 5. The summed E-state index contributed by atoms with van der Waals surface area (Å²) in [6.07, 6.45) is -4.01. The molecule has 2 atom stereocenters. The van der Waals surface area contributed by atoms with Crippen LogP contribution >= 0.6 is 11.6 Å². The maximum absolute atomic E-state index is 15.2. The van der Waals surface area contributed by atoms with Gasteiger partial charge < -0.3 is 25.0 Å². The van der Waals surface area contributed by atoms with Crippen LogP contribution in [-0.2, 0) is 11.8 Å². The lowest BCUT2D eigenvalue weighted by Gasteiger charge is -2.48. The summed E-state index contributed by atoms with van der Waals surface area (Å²) >= 11 is 5.78. The summed E-state index contributed by atoms with van der Waals surface area (Å²) < 4.78 is 83.9. The third-order valence-corrected chi connectivity index (χ3v) is 8.65. The molecule has 0 radical (unpaired) electrons. The monoisotopic (exact) mass is 594 g/mol. The fraction of sp³-hybridized carbons (Fsp3) is 0.560. The lowest BCUT2D eigenvalue weighted by molar-refractivity contribution is -0.302. The molecule has 2 heterocycles. The van der Waals surface area contributed by atoms with Crippen molar-refractivity contribution in [3.8, 4) is 0 Å². The van der Waals surface area contributed by atoms with Crippen molar-refractivity contribution in [2.75, 3.05) is 18.4 Å². The number of aromatic nitrogens is 2. The van der Waals surface area contributed by atoms with Crippen LogP contribution in [0.15, 0.2) is 24.5 Å². The number of halogens is 7. The highest BCUT2D eigenvalue weighted by Gasteiger charge is 2.69. The summed E-state index contributed by atoms with van der Waals surface area (Å²) in [6, 6.07) is 3.68. The fourth-order valence-corrected chi connectivity index (χ4v) is 6.42. The molecular formula is C25H25ClF6N4O4. The zero-order valence-corrected chi connectivity index (χ0v) is 21.7. The summed E-state index contributed by atoms with van der Waals surface area (Å²) in [7, 11) is 1.60. The minimum absolute atomic E-state index is 0.181. The van der Waals surface area contributed by atoms with E-state index < -0.39 is 78.7 Å². The van der Waals surface area contributed by atoms with Crippen LogP contribution in [0.4, 0.5) is 32.0 Å². The second-order valence-electron chi connectivity index (χ2n) is 11.1. The summed E-state index contributed by atoms with van der Waals surface area (Å²) in [4.78, 5) is 30.0. The molecule has 2 aliphatic carbocycles. The number of anilines is 1. The first kappa shape index (κ1) is 28.7. The van der Waals surface area contributed by atoms with Crippen LogP contribution in [0.3, 0.4) is 0 Å². The van der Waals surface area contributed by atoms with Gasteiger partial charge in [0.15, 0.2) is 5.60 Å². The van der Waals surface area contributed by atoms with Gasteiger partial charge in [-0.1, -0.05) is 11.6 Å². The maximum Gasteiger partial charge on any atom is 0.420 e. The Kier molecular flexibility index (Phi) is 6.70. The van der Waals surface area contributed by atoms with E-state index in [2.05, 4.69) is 10.3 Å². The van der Waals surface area contributed by atoms with Gasteiger partial charge in [0.2, 0.25) is 0 Å². The zero-order chi connectivity index (χ0) is 29.4. The number of β-amino-alcohol motifs (C(OH)–C–C–N with tert-alkyl or cyclic N) is 1. The first-order chi connectivity index (χ1) is 18.5. The Morgan fingerprint density at radius 2 is 1.68 bits per heavy atom. The average molecular weight is 595 g/mol. The number of imidazole rings is 1. The number of fused-ring (bicyclic) bond motifs is 1. The van der Waals surface area contributed by atoms with Crippen molar-refractivity contribution in [3.63, 3.8) is 0 Å². The third kappa shape index (κ3) is 4.53. The van der Waals surface area contributed by atoms with E-state index in [0.29, 0.717) is 5.69 Å². The standard InChI is InChI=1S/C25H25ClF6N4O4/c1-35-11-33-18(19(35)20(37)34-15-2-3-17(27)16(26)6-15)12-4-13-7-22(39,8-14(13)5-12)24(28,29)21(38)36-9-23(40,10-36)25(30,31)32/h2-3,6,11-14,39-40H,4-5,7-10H2,1H3,(H,34,37). The molecule has 1 aromatic carbocycles. The number of carbonyl (C=O) groups excluding carboxylic acids is 2. The number of likely N-dealkylation sites (tertiary alicyclic amines) is 1. The lowest BCUT2D eigenvalue weighted by atomic mass is 9.85. The van der Waals surface area contributed by atoms with Crippen molar-refractivity contribution in [3.05, 3.63) is 46.8 Å². The number of amides is 2.